The van der Waals surface area contributed by atoms with E-state index in [1.165, 1.54) is 13.2 Å². The molecule has 1 aliphatic heterocycles. The van der Waals surface area contributed by atoms with Gasteiger partial charge in [0, 0.05) is 19.6 Å². The van der Waals surface area contributed by atoms with Crippen molar-refractivity contribution in [3.8, 4) is 5.75 Å². The molecule has 1 aliphatic rings. The van der Waals surface area contributed by atoms with Gasteiger partial charge in [-0.25, -0.2) is 14.2 Å². The Labute approximate surface area is 189 Å². The fourth-order valence-corrected chi connectivity index (χ4v) is 2.94. The van der Waals surface area contributed by atoms with Gasteiger partial charge in [0.1, 0.15) is 5.60 Å². The molecule has 164 valence electrons. The van der Waals surface area contributed by atoms with Crippen molar-refractivity contribution in [3.63, 3.8) is 0 Å². The molecule has 1 atom stereocenters. The lowest BCUT2D eigenvalue weighted by molar-refractivity contribution is 0.0507. The first kappa shape index (κ1) is 25.3. The predicted molar refractivity (Wildman–Crippen MR) is 123 cm³/mol. The number of guanidine groups is 1. The molecule has 0 spiro atoms. The Hall–Kier alpha value is -1.78. The average Bonchev–Trinajstić information content (AvgIpc) is 3.05. The number of ether oxygens (including phenoxy) is 2. The Morgan fingerprint density at radius 3 is 2.69 bits per heavy atom. The fraction of sp³-hybridized carbons (Fsp3) is 0.600. The van der Waals surface area contributed by atoms with E-state index in [2.05, 4.69) is 20.5 Å². The van der Waals surface area contributed by atoms with Crippen molar-refractivity contribution < 1.29 is 18.7 Å². The smallest absolute Gasteiger partial charge is 0.407 e. The third-order valence-electron chi connectivity index (χ3n) is 4.17. The molecule has 1 aromatic rings. The molecule has 1 saturated heterocycles. The number of hydrogen-bond donors (Lipinski definition) is 2. The van der Waals surface area contributed by atoms with Crippen molar-refractivity contribution in [2.75, 3.05) is 26.7 Å². The number of benzene rings is 1. The molecule has 1 fully saturated rings. The molecule has 29 heavy (non-hydrogen) atoms. The average molecular weight is 522 g/mol. The van der Waals surface area contributed by atoms with Gasteiger partial charge in [0.15, 0.2) is 17.5 Å². The summed E-state index contributed by atoms with van der Waals surface area (Å²) in [6, 6.07) is 4.83. The molecule has 2 rings (SSSR count). The molecule has 9 heteroatoms. The van der Waals surface area contributed by atoms with E-state index in [-0.39, 0.29) is 35.8 Å². The molecule has 0 bridgehead atoms. The van der Waals surface area contributed by atoms with Gasteiger partial charge in [-0.3, -0.25) is 0 Å². The third kappa shape index (κ3) is 8.23. The van der Waals surface area contributed by atoms with Gasteiger partial charge < -0.3 is 25.0 Å². The summed E-state index contributed by atoms with van der Waals surface area (Å²) >= 11 is 0. The maximum absolute atomic E-state index is 13.9. The number of amides is 1. The van der Waals surface area contributed by atoms with E-state index in [4.69, 9.17) is 9.47 Å². The van der Waals surface area contributed by atoms with E-state index < -0.39 is 17.5 Å². The van der Waals surface area contributed by atoms with Gasteiger partial charge in [0.05, 0.1) is 19.7 Å². The number of nitrogens with zero attached hydrogens (tertiary/aromatic N) is 2. The standard InChI is InChI=1S/C20H31FN4O3.HI/c1-6-22-18(23-12-14-7-8-17(27-5)16(21)11-14)25-10-9-15(13-25)24-19(26)28-20(2,3)4;/h7-8,11,15H,6,9-10,12-13H2,1-5H3,(H,22,23)(H,24,26);1H. The molecule has 0 aliphatic carbocycles. The first-order chi connectivity index (χ1) is 13.2. The number of carbonyl (C=O) groups is 1. The van der Waals surface area contributed by atoms with Crippen LogP contribution in [0, 0.1) is 5.82 Å². The van der Waals surface area contributed by atoms with E-state index in [0.29, 0.717) is 13.1 Å². The molecule has 0 aromatic heterocycles. The van der Waals surface area contributed by atoms with Gasteiger partial charge in [0.25, 0.3) is 0 Å². The second kappa shape index (κ2) is 11.4. The van der Waals surface area contributed by atoms with Gasteiger partial charge in [-0.05, 0) is 51.8 Å². The second-order valence-corrected chi connectivity index (χ2v) is 7.72. The lowest BCUT2D eigenvalue weighted by atomic mass is 10.2. The highest BCUT2D eigenvalue weighted by atomic mass is 127. The quantitative estimate of drug-likeness (QED) is 0.352. The third-order valence-corrected chi connectivity index (χ3v) is 4.17. The minimum atomic E-state index is -0.521. The molecule has 0 saturated carbocycles. The Balaban J connectivity index is 0.00000420. The van der Waals surface area contributed by atoms with Crippen LogP contribution in [0.5, 0.6) is 5.75 Å². The van der Waals surface area contributed by atoms with Crippen LogP contribution in [0.25, 0.3) is 0 Å². The predicted octanol–water partition coefficient (Wildman–Crippen LogP) is 3.52. The Bertz CT molecular complexity index is 709. The number of methoxy groups -OCH3 is 1. The molecule has 2 N–H and O–H groups in total. The van der Waals surface area contributed by atoms with Crippen molar-refractivity contribution in [2.45, 2.75) is 52.3 Å². The molecule has 1 amide bonds. The van der Waals surface area contributed by atoms with Crippen LogP contribution in [0.4, 0.5) is 9.18 Å². The van der Waals surface area contributed by atoms with Crippen LogP contribution >= 0.6 is 24.0 Å². The summed E-state index contributed by atoms with van der Waals surface area (Å²) in [7, 11) is 1.44. The van der Waals surface area contributed by atoms with Crippen LogP contribution in [0.1, 0.15) is 39.7 Å². The first-order valence-corrected chi connectivity index (χ1v) is 9.57. The number of aliphatic imine (C=N–C) groups is 1. The topological polar surface area (TPSA) is 75.2 Å². The number of carbonyl (C=O) groups excluding carboxylic acids is 1. The zero-order valence-electron chi connectivity index (χ0n) is 17.8. The van der Waals surface area contributed by atoms with Crippen LogP contribution in [0.2, 0.25) is 0 Å². The van der Waals surface area contributed by atoms with Gasteiger partial charge in [-0.1, -0.05) is 6.07 Å². The lowest BCUT2D eigenvalue weighted by Gasteiger charge is -2.23. The number of nitrogens with one attached hydrogen (secondary N) is 2. The molecule has 1 unspecified atom stereocenters. The summed E-state index contributed by atoms with van der Waals surface area (Å²) in [4.78, 5) is 18.7. The number of halogens is 2. The van der Waals surface area contributed by atoms with Gasteiger partial charge in [-0.2, -0.15) is 0 Å². The summed E-state index contributed by atoms with van der Waals surface area (Å²) in [5.74, 6) is 0.561. The van der Waals surface area contributed by atoms with Crippen LogP contribution in [-0.2, 0) is 11.3 Å². The summed E-state index contributed by atoms with van der Waals surface area (Å²) in [6.45, 7) is 9.99. The lowest BCUT2D eigenvalue weighted by Crippen LogP contribution is -2.44. The Morgan fingerprint density at radius 1 is 1.38 bits per heavy atom. The maximum Gasteiger partial charge on any atom is 0.407 e. The van der Waals surface area contributed by atoms with E-state index in [0.717, 1.165) is 31.0 Å². The Kier molecular flexibility index (Phi) is 9.94. The van der Waals surface area contributed by atoms with E-state index >= 15 is 0 Å². The summed E-state index contributed by atoms with van der Waals surface area (Å²) in [5, 5.41) is 6.16. The van der Waals surface area contributed by atoms with Crippen LogP contribution in [-0.4, -0.2) is 55.3 Å². The van der Waals surface area contributed by atoms with Crippen molar-refractivity contribution >= 4 is 36.0 Å². The highest BCUT2D eigenvalue weighted by Gasteiger charge is 2.27. The minimum absolute atomic E-state index is 0. The minimum Gasteiger partial charge on any atom is -0.494 e. The molecule has 1 aromatic carbocycles. The molecule has 0 radical (unpaired) electrons. The van der Waals surface area contributed by atoms with Crippen molar-refractivity contribution in [3.05, 3.63) is 29.6 Å². The first-order valence-electron chi connectivity index (χ1n) is 9.57. The molecular weight excluding hydrogens is 490 g/mol. The zero-order valence-corrected chi connectivity index (χ0v) is 20.1. The molecule has 7 nitrogen and oxygen atoms in total. The van der Waals surface area contributed by atoms with E-state index in [9.17, 15) is 9.18 Å². The zero-order chi connectivity index (χ0) is 20.7. The van der Waals surface area contributed by atoms with Gasteiger partial charge in [0.2, 0.25) is 0 Å². The van der Waals surface area contributed by atoms with Crippen molar-refractivity contribution in [2.24, 2.45) is 4.99 Å². The number of likely N-dealkylation sites (tertiary alicyclic amines) is 1. The van der Waals surface area contributed by atoms with Crippen molar-refractivity contribution in [1.82, 2.24) is 15.5 Å². The van der Waals surface area contributed by atoms with Crippen LogP contribution in [0.15, 0.2) is 23.2 Å². The number of rotatable bonds is 5. The van der Waals surface area contributed by atoms with Crippen LogP contribution in [0.3, 0.4) is 0 Å². The second-order valence-electron chi connectivity index (χ2n) is 7.72. The van der Waals surface area contributed by atoms with Crippen molar-refractivity contribution in [1.29, 1.82) is 0 Å². The number of hydrogen-bond acceptors (Lipinski definition) is 4. The Morgan fingerprint density at radius 2 is 2.10 bits per heavy atom. The molecular formula is C20H32FIN4O3. The molecule has 1 heterocycles. The van der Waals surface area contributed by atoms with E-state index in [1.54, 1.807) is 12.1 Å². The SMILES string of the molecule is CCNC(=NCc1ccc(OC)c(F)c1)N1CCC(NC(=O)OC(C)(C)C)C1.I. The fourth-order valence-electron chi connectivity index (χ4n) is 2.94. The van der Waals surface area contributed by atoms with Gasteiger partial charge in [-0.15, -0.1) is 24.0 Å². The van der Waals surface area contributed by atoms with Gasteiger partial charge >= 0.3 is 6.09 Å². The monoisotopic (exact) mass is 522 g/mol. The summed E-state index contributed by atoms with van der Waals surface area (Å²) in [6.07, 6.45) is 0.399. The van der Waals surface area contributed by atoms with E-state index in [1.807, 2.05) is 27.7 Å². The largest absolute Gasteiger partial charge is 0.494 e. The number of alkyl carbamates (subject to hydrolysis) is 1. The maximum atomic E-state index is 13.9. The highest BCUT2D eigenvalue weighted by molar-refractivity contribution is 14.0. The highest BCUT2D eigenvalue weighted by Crippen LogP contribution is 2.18. The normalized spacial score (nSPS) is 16.8. The summed E-state index contributed by atoms with van der Waals surface area (Å²) in [5.41, 5.74) is 0.239. The van der Waals surface area contributed by atoms with Crippen LogP contribution < -0.4 is 15.4 Å². The summed E-state index contributed by atoms with van der Waals surface area (Å²) < 4.78 is 24.1.